The number of nitrogens with one attached hydrogen (secondary N) is 2. The molecule has 1 fully saturated rings. The molecule has 7 heteroatoms. The number of rotatable bonds is 9. The van der Waals surface area contributed by atoms with Crippen molar-refractivity contribution < 1.29 is 14.3 Å². The quantitative estimate of drug-likeness (QED) is 0.671. The fourth-order valence-corrected chi connectivity index (χ4v) is 3.21. The highest BCUT2D eigenvalue weighted by Crippen LogP contribution is 2.27. The molecule has 1 aromatic carbocycles. The molecule has 1 heterocycles. The van der Waals surface area contributed by atoms with Crippen LogP contribution in [0.5, 0.6) is 5.75 Å². The summed E-state index contributed by atoms with van der Waals surface area (Å²) in [6, 6.07) is 7.48. The highest BCUT2D eigenvalue weighted by atomic mass is 35.5. The van der Waals surface area contributed by atoms with Crippen LogP contribution in [0.25, 0.3) is 0 Å². The molecule has 6 nitrogen and oxygen atoms in total. The van der Waals surface area contributed by atoms with Crippen LogP contribution in [0.2, 0.25) is 0 Å². The zero-order valence-corrected chi connectivity index (χ0v) is 17.3. The Morgan fingerprint density at radius 2 is 1.89 bits per heavy atom. The van der Waals surface area contributed by atoms with Crippen LogP contribution in [0, 0.1) is 5.92 Å². The van der Waals surface area contributed by atoms with E-state index in [1.54, 1.807) is 0 Å². The standard InChI is InChI=1S/C20H31N3O3.ClH/c1-4-17(22-20(25)15(2)13-21-3)16-9-5-6-10-18(16)26-14-19(24)23-11-7-8-12-23;/h5-6,9-10,15,17,21H,4,7-8,11-14H2,1-3H3,(H,22,25);1H. The van der Waals surface area contributed by atoms with Gasteiger partial charge in [-0.25, -0.2) is 0 Å². The van der Waals surface area contributed by atoms with Crippen LogP contribution in [0.4, 0.5) is 0 Å². The van der Waals surface area contributed by atoms with Crippen molar-refractivity contribution in [1.82, 2.24) is 15.5 Å². The molecule has 2 atom stereocenters. The number of nitrogens with zero attached hydrogens (tertiary/aromatic N) is 1. The fraction of sp³-hybridized carbons (Fsp3) is 0.600. The monoisotopic (exact) mass is 397 g/mol. The summed E-state index contributed by atoms with van der Waals surface area (Å²) >= 11 is 0. The van der Waals surface area contributed by atoms with E-state index in [4.69, 9.17) is 4.74 Å². The molecule has 2 unspecified atom stereocenters. The SMILES string of the molecule is CCC(NC(=O)C(C)CNC)c1ccccc1OCC(=O)N1CCCC1.Cl. The molecule has 0 saturated carbocycles. The zero-order valence-electron chi connectivity index (χ0n) is 16.5. The Kier molecular flexibility index (Phi) is 10.2. The van der Waals surface area contributed by atoms with Crippen molar-refractivity contribution in [3.8, 4) is 5.75 Å². The maximum absolute atomic E-state index is 12.4. The third-order valence-corrected chi connectivity index (χ3v) is 4.79. The Morgan fingerprint density at radius 3 is 2.52 bits per heavy atom. The molecule has 0 bridgehead atoms. The summed E-state index contributed by atoms with van der Waals surface area (Å²) in [5.41, 5.74) is 0.911. The summed E-state index contributed by atoms with van der Waals surface area (Å²) in [6.45, 7) is 6.24. The average Bonchev–Trinajstić information content (AvgIpc) is 3.19. The maximum atomic E-state index is 12.4. The van der Waals surface area contributed by atoms with E-state index in [-0.39, 0.29) is 42.8 Å². The second kappa shape index (κ2) is 11.8. The lowest BCUT2D eigenvalue weighted by atomic mass is 10.0. The van der Waals surface area contributed by atoms with Gasteiger partial charge in [-0.2, -0.15) is 0 Å². The molecule has 2 amide bonds. The Balaban J connectivity index is 0.00000364. The zero-order chi connectivity index (χ0) is 18.9. The molecule has 2 N–H and O–H groups in total. The van der Waals surface area contributed by atoms with Gasteiger partial charge in [-0.15, -0.1) is 12.4 Å². The molecule has 27 heavy (non-hydrogen) atoms. The van der Waals surface area contributed by atoms with E-state index in [0.29, 0.717) is 12.3 Å². The molecule has 0 aliphatic carbocycles. The third-order valence-electron chi connectivity index (χ3n) is 4.79. The first-order chi connectivity index (χ1) is 12.6. The molecule has 0 spiro atoms. The Bertz CT molecular complexity index is 606. The Morgan fingerprint density at radius 1 is 1.22 bits per heavy atom. The summed E-state index contributed by atoms with van der Waals surface area (Å²) < 4.78 is 5.83. The molecule has 2 rings (SSSR count). The van der Waals surface area contributed by atoms with E-state index in [9.17, 15) is 9.59 Å². The van der Waals surface area contributed by atoms with Crippen LogP contribution in [0.15, 0.2) is 24.3 Å². The second-order valence-electron chi connectivity index (χ2n) is 6.84. The van der Waals surface area contributed by atoms with Gasteiger partial charge in [-0.1, -0.05) is 32.0 Å². The molecule has 1 aliphatic rings. The molecular formula is C20H32ClN3O3. The fourth-order valence-electron chi connectivity index (χ4n) is 3.21. The topological polar surface area (TPSA) is 70.7 Å². The van der Waals surface area contributed by atoms with Crippen molar-refractivity contribution in [2.24, 2.45) is 5.92 Å². The van der Waals surface area contributed by atoms with Crippen LogP contribution in [0.3, 0.4) is 0 Å². The molecule has 1 aromatic rings. The van der Waals surface area contributed by atoms with E-state index in [1.807, 2.05) is 50.1 Å². The lowest BCUT2D eigenvalue weighted by molar-refractivity contribution is -0.132. The van der Waals surface area contributed by atoms with E-state index in [2.05, 4.69) is 10.6 Å². The third kappa shape index (κ3) is 6.70. The minimum absolute atomic E-state index is 0. The summed E-state index contributed by atoms with van der Waals surface area (Å²) in [5, 5.41) is 6.12. The van der Waals surface area contributed by atoms with Crippen LogP contribution in [-0.4, -0.2) is 50.0 Å². The van der Waals surface area contributed by atoms with Gasteiger partial charge in [-0.3, -0.25) is 9.59 Å². The van der Waals surface area contributed by atoms with Crippen molar-refractivity contribution >= 4 is 24.2 Å². The number of ether oxygens (including phenoxy) is 1. The number of amides is 2. The number of likely N-dealkylation sites (tertiary alicyclic amines) is 1. The number of carbonyl (C=O) groups excluding carboxylic acids is 2. The van der Waals surface area contributed by atoms with Crippen molar-refractivity contribution in [1.29, 1.82) is 0 Å². The van der Waals surface area contributed by atoms with Crippen LogP contribution in [0.1, 0.15) is 44.7 Å². The van der Waals surface area contributed by atoms with Gasteiger partial charge in [0.2, 0.25) is 5.91 Å². The lowest BCUT2D eigenvalue weighted by Crippen LogP contribution is -2.37. The summed E-state index contributed by atoms with van der Waals surface area (Å²) in [6.07, 6.45) is 2.88. The second-order valence-corrected chi connectivity index (χ2v) is 6.84. The largest absolute Gasteiger partial charge is 0.483 e. The van der Waals surface area contributed by atoms with Gasteiger partial charge in [0.25, 0.3) is 5.91 Å². The van der Waals surface area contributed by atoms with E-state index in [0.717, 1.165) is 37.9 Å². The summed E-state index contributed by atoms with van der Waals surface area (Å²) in [4.78, 5) is 26.5. The predicted molar refractivity (Wildman–Crippen MR) is 109 cm³/mol. The van der Waals surface area contributed by atoms with Crippen molar-refractivity contribution in [3.05, 3.63) is 29.8 Å². The first-order valence-corrected chi connectivity index (χ1v) is 9.51. The summed E-state index contributed by atoms with van der Waals surface area (Å²) in [5.74, 6) is 0.582. The number of hydrogen-bond donors (Lipinski definition) is 2. The first-order valence-electron chi connectivity index (χ1n) is 9.51. The van der Waals surface area contributed by atoms with Crippen LogP contribution in [-0.2, 0) is 9.59 Å². The molecule has 0 radical (unpaired) electrons. The number of halogens is 1. The van der Waals surface area contributed by atoms with Gasteiger partial charge >= 0.3 is 0 Å². The number of benzene rings is 1. The molecule has 1 aliphatic heterocycles. The highest BCUT2D eigenvalue weighted by Gasteiger charge is 2.22. The number of carbonyl (C=O) groups is 2. The number of para-hydroxylation sites is 1. The maximum Gasteiger partial charge on any atom is 0.260 e. The molecular weight excluding hydrogens is 366 g/mol. The lowest BCUT2D eigenvalue weighted by Gasteiger charge is -2.23. The van der Waals surface area contributed by atoms with Gasteiger partial charge in [0.05, 0.1) is 6.04 Å². The van der Waals surface area contributed by atoms with Crippen LogP contribution < -0.4 is 15.4 Å². The average molecular weight is 398 g/mol. The highest BCUT2D eigenvalue weighted by molar-refractivity contribution is 5.85. The van der Waals surface area contributed by atoms with Gasteiger partial charge in [0.15, 0.2) is 6.61 Å². The van der Waals surface area contributed by atoms with E-state index >= 15 is 0 Å². The van der Waals surface area contributed by atoms with Gasteiger partial charge in [0.1, 0.15) is 5.75 Å². The molecule has 0 aromatic heterocycles. The van der Waals surface area contributed by atoms with Gasteiger partial charge in [-0.05, 0) is 32.4 Å². The Labute approximate surface area is 168 Å². The van der Waals surface area contributed by atoms with Crippen LogP contribution >= 0.6 is 12.4 Å². The van der Waals surface area contributed by atoms with E-state index < -0.39 is 0 Å². The smallest absolute Gasteiger partial charge is 0.260 e. The molecule has 1 saturated heterocycles. The van der Waals surface area contributed by atoms with Crippen molar-refractivity contribution in [2.45, 2.75) is 39.2 Å². The minimum atomic E-state index is -0.139. The first kappa shape index (κ1) is 23.2. The summed E-state index contributed by atoms with van der Waals surface area (Å²) in [7, 11) is 1.83. The number of hydrogen-bond acceptors (Lipinski definition) is 4. The van der Waals surface area contributed by atoms with Gasteiger partial charge < -0.3 is 20.3 Å². The Hall–Kier alpha value is -1.79. The predicted octanol–water partition coefficient (Wildman–Crippen LogP) is 2.53. The van der Waals surface area contributed by atoms with Crippen molar-refractivity contribution in [3.63, 3.8) is 0 Å². The van der Waals surface area contributed by atoms with Gasteiger partial charge in [0, 0.05) is 31.1 Å². The van der Waals surface area contributed by atoms with Crippen molar-refractivity contribution in [2.75, 3.05) is 33.3 Å². The van der Waals surface area contributed by atoms with E-state index in [1.165, 1.54) is 0 Å². The normalized spacial score (nSPS) is 15.6. The molecule has 152 valence electrons. The minimum Gasteiger partial charge on any atom is -0.483 e.